The van der Waals surface area contributed by atoms with Gasteiger partial charge >= 0.3 is 0 Å². The van der Waals surface area contributed by atoms with Crippen molar-refractivity contribution in [3.63, 3.8) is 0 Å². The van der Waals surface area contributed by atoms with E-state index in [-0.39, 0.29) is 5.92 Å². The van der Waals surface area contributed by atoms with Crippen molar-refractivity contribution in [1.82, 2.24) is 15.0 Å². The summed E-state index contributed by atoms with van der Waals surface area (Å²) in [5.41, 5.74) is 4.21. The highest BCUT2D eigenvalue weighted by Crippen LogP contribution is 2.33. The molecule has 1 aliphatic heterocycles. The minimum absolute atomic E-state index is 0.212. The molecule has 0 amide bonds. The van der Waals surface area contributed by atoms with E-state index in [9.17, 15) is 4.39 Å². The Morgan fingerprint density at radius 3 is 2.58 bits per heavy atom. The maximum atomic E-state index is 14.6. The number of fused-ring (bicyclic) bond motifs is 1. The highest BCUT2D eigenvalue weighted by molar-refractivity contribution is 6.30. The van der Waals surface area contributed by atoms with Crippen molar-refractivity contribution < 1.29 is 9.13 Å². The van der Waals surface area contributed by atoms with Crippen LogP contribution in [0.1, 0.15) is 35.8 Å². The Hall–Kier alpha value is -2.11. The van der Waals surface area contributed by atoms with Crippen molar-refractivity contribution in [3.8, 4) is 11.3 Å². The standard InChI is InChI=1S/C20H19ClFN3O/c1-11-9-17-19(23-12(11)2)18(15-4-3-14(21)10-16(15)22)25-20(24-17)13-5-7-26-8-6-13/h3-4,9-10,13H,5-8H2,1-2H3. The third-order valence-electron chi connectivity index (χ3n) is 4.90. The zero-order valence-electron chi connectivity index (χ0n) is 14.7. The van der Waals surface area contributed by atoms with Gasteiger partial charge in [0.1, 0.15) is 22.9 Å². The SMILES string of the molecule is Cc1cc2nc(C3CCOCC3)nc(-c3ccc(Cl)cc3F)c2nc1C. The van der Waals surface area contributed by atoms with Crippen LogP contribution in [0.2, 0.25) is 5.02 Å². The predicted molar refractivity (Wildman–Crippen MR) is 100 cm³/mol. The van der Waals surface area contributed by atoms with Crippen molar-refractivity contribution >= 4 is 22.6 Å². The molecule has 0 saturated carbocycles. The van der Waals surface area contributed by atoms with Crippen LogP contribution in [0, 0.1) is 19.7 Å². The van der Waals surface area contributed by atoms with Gasteiger partial charge in [-0.25, -0.2) is 19.3 Å². The van der Waals surface area contributed by atoms with Gasteiger partial charge in [0.2, 0.25) is 0 Å². The molecule has 0 unspecified atom stereocenters. The summed E-state index contributed by atoms with van der Waals surface area (Å²) in [6.07, 6.45) is 1.73. The molecule has 1 fully saturated rings. The molecule has 1 aliphatic rings. The predicted octanol–water partition coefficient (Wildman–Crippen LogP) is 5.00. The lowest BCUT2D eigenvalue weighted by Crippen LogP contribution is -2.17. The lowest BCUT2D eigenvalue weighted by molar-refractivity contribution is 0.0837. The summed E-state index contributed by atoms with van der Waals surface area (Å²) in [5.74, 6) is 0.537. The first kappa shape index (κ1) is 17.3. The molecule has 1 aromatic carbocycles. The molecular weight excluding hydrogens is 353 g/mol. The van der Waals surface area contributed by atoms with Crippen molar-refractivity contribution in [2.24, 2.45) is 0 Å². The van der Waals surface area contributed by atoms with Gasteiger partial charge in [-0.3, -0.25) is 0 Å². The van der Waals surface area contributed by atoms with Crippen LogP contribution in [0.4, 0.5) is 4.39 Å². The van der Waals surface area contributed by atoms with Gasteiger partial charge in [-0.05, 0) is 56.5 Å². The second-order valence-corrected chi connectivity index (χ2v) is 7.14. The highest BCUT2D eigenvalue weighted by Gasteiger charge is 2.22. The van der Waals surface area contributed by atoms with E-state index in [1.807, 2.05) is 19.9 Å². The summed E-state index contributed by atoms with van der Waals surface area (Å²) in [6.45, 7) is 5.33. The molecule has 0 radical (unpaired) electrons. The zero-order valence-corrected chi connectivity index (χ0v) is 15.5. The number of rotatable bonds is 2. The van der Waals surface area contributed by atoms with Crippen LogP contribution in [0.5, 0.6) is 0 Å². The van der Waals surface area contributed by atoms with Crippen LogP contribution < -0.4 is 0 Å². The molecule has 0 aliphatic carbocycles. The first-order valence-corrected chi connectivity index (χ1v) is 9.10. The number of hydrogen-bond donors (Lipinski definition) is 0. The molecule has 0 spiro atoms. The van der Waals surface area contributed by atoms with Crippen LogP contribution in [0.15, 0.2) is 24.3 Å². The summed E-state index contributed by atoms with van der Waals surface area (Å²) in [4.78, 5) is 14.2. The maximum absolute atomic E-state index is 14.6. The van der Waals surface area contributed by atoms with Crippen LogP contribution in [0.3, 0.4) is 0 Å². The Morgan fingerprint density at radius 1 is 1.08 bits per heavy atom. The van der Waals surface area contributed by atoms with Gasteiger partial charge in [-0.15, -0.1) is 0 Å². The Balaban J connectivity index is 1.97. The van der Waals surface area contributed by atoms with E-state index in [0.29, 0.717) is 35.0 Å². The third-order valence-corrected chi connectivity index (χ3v) is 5.14. The lowest BCUT2D eigenvalue weighted by atomic mass is 9.98. The molecule has 6 heteroatoms. The fourth-order valence-corrected chi connectivity index (χ4v) is 3.43. The van der Waals surface area contributed by atoms with Crippen molar-refractivity contribution in [2.75, 3.05) is 13.2 Å². The average Bonchev–Trinajstić information content (AvgIpc) is 2.63. The fourth-order valence-electron chi connectivity index (χ4n) is 3.27. The number of aromatic nitrogens is 3. The minimum atomic E-state index is -0.407. The Morgan fingerprint density at radius 2 is 1.85 bits per heavy atom. The number of aryl methyl sites for hydroxylation is 2. The van der Waals surface area contributed by atoms with Gasteiger partial charge in [0.05, 0.1) is 5.52 Å². The molecule has 0 atom stereocenters. The Bertz CT molecular complexity index is 986. The van der Waals surface area contributed by atoms with Crippen LogP contribution in [-0.4, -0.2) is 28.2 Å². The Kier molecular flexibility index (Phi) is 4.59. The van der Waals surface area contributed by atoms with Crippen LogP contribution in [0.25, 0.3) is 22.3 Å². The molecule has 4 rings (SSSR count). The number of ether oxygens (including phenoxy) is 1. The fraction of sp³-hybridized carbons (Fsp3) is 0.350. The molecule has 134 valence electrons. The van der Waals surface area contributed by atoms with Crippen molar-refractivity contribution in [1.29, 1.82) is 0 Å². The van der Waals surface area contributed by atoms with Gasteiger partial charge in [-0.1, -0.05) is 11.6 Å². The van der Waals surface area contributed by atoms with E-state index in [0.717, 1.165) is 35.4 Å². The highest BCUT2D eigenvalue weighted by atomic mass is 35.5. The first-order valence-electron chi connectivity index (χ1n) is 8.72. The molecule has 4 nitrogen and oxygen atoms in total. The van der Waals surface area contributed by atoms with E-state index in [2.05, 4.69) is 4.98 Å². The van der Waals surface area contributed by atoms with Gasteiger partial charge in [0, 0.05) is 35.4 Å². The molecule has 0 bridgehead atoms. The molecule has 2 aromatic heterocycles. The van der Waals surface area contributed by atoms with Crippen molar-refractivity contribution in [2.45, 2.75) is 32.6 Å². The van der Waals surface area contributed by atoms with E-state index in [4.69, 9.17) is 26.3 Å². The summed E-state index contributed by atoms with van der Waals surface area (Å²) in [6, 6.07) is 6.63. The molecule has 3 aromatic rings. The van der Waals surface area contributed by atoms with Gasteiger partial charge in [0.25, 0.3) is 0 Å². The summed E-state index contributed by atoms with van der Waals surface area (Å²) < 4.78 is 20.1. The van der Waals surface area contributed by atoms with E-state index in [1.54, 1.807) is 12.1 Å². The molecule has 26 heavy (non-hydrogen) atoms. The number of halogens is 2. The molecule has 1 saturated heterocycles. The second kappa shape index (κ2) is 6.89. The number of benzene rings is 1. The second-order valence-electron chi connectivity index (χ2n) is 6.70. The number of nitrogens with zero attached hydrogens (tertiary/aromatic N) is 3. The van der Waals surface area contributed by atoms with Crippen LogP contribution in [-0.2, 0) is 4.74 Å². The van der Waals surface area contributed by atoms with E-state index < -0.39 is 5.82 Å². The molecule has 0 N–H and O–H groups in total. The molecule has 3 heterocycles. The van der Waals surface area contributed by atoms with Crippen molar-refractivity contribution in [3.05, 3.63) is 52.2 Å². The smallest absolute Gasteiger partial charge is 0.134 e. The quantitative estimate of drug-likeness (QED) is 0.636. The summed E-state index contributed by atoms with van der Waals surface area (Å²) in [5, 5.41) is 0.356. The van der Waals surface area contributed by atoms with Gasteiger partial charge in [0.15, 0.2) is 0 Å². The maximum Gasteiger partial charge on any atom is 0.134 e. The summed E-state index contributed by atoms with van der Waals surface area (Å²) >= 11 is 5.92. The monoisotopic (exact) mass is 371 g/mol. The third kappa shape index (κ3) is 3.17. The van der Waals surface area contributed by atoms with E-state index >= 15 is 0 Å². The lowest BCUT2D eigenvalue weighted by Gasteiger charge is -2.22. The Labute approximate surface area is 156 Å². The molecular formula is C20H19ClFN3O. The minimum Gasteiger partial charge on any atom is -0.381 e. The number of hydrogen-bond acceptors (Lipinski definition) is 4. The normalized spacial score (nSPS) is 15.5. The largest absolute Gasteiger partial charge is 0.381 e. The van der Waals surface area contributed by atoms with Gasteiger partial charge < -0.3 is 4.74 Å². The number of pyridine rings is 1. The van der Waals surface area contributed by atoms with E-state index in [1.165, 1.54) is 6.07 Å². The average molecular weight is 372 g/mol. The first-order chi connectivity index (χ1) is 12.5. The summed E-state index contributed by atoms with van der Waals surface area (Å²) in [7, 11) is 0. The topological polar surface area (TPSA) is 47.9 Å². The van der Waals surface area contributed by atoms with Gasteiger partial charge in [-0.2, -0.15) is 0 Å². The zero-order chi connectivity index (χ0) is 18.3. The van der Waals surface area contributed by atoms with Crippen LogP contribution >= 0.6 is 11.6 Å².